The molecule has 0 fully saturated rings. The van der Waals surface area contributed by atoms with Crippen LogP contribution in [0.4, 0.5) is 23.8 Å². The number of halogens is 3. The van der Waals surface area contributed by atoms with E-state index in [1.54, 1.807) is 7.11 Å². The second kappa shape index (κ2) is 7.56. The average Bonchev–Trinajstić information content (AvgIpc) is 2.82. The van der Waals surface area contributed by atoms with E-state index in [0.717, 1.165) is 15.8 Å². The van der Waals surface area contributed by atoms with Crippen LogP contribution in [0.5, 0.6) is 0 Å². The van der Waals surface area contributed by atoms with Gasteiger partial charge in [-0.2, -0.15) is 18.3 Å². The summed E-state index contributed by atoms with van der Waals surface area (Å²) in [5.41, 5.74) is 0.659. The number of aryl methyl sites for hydroxylation is 1. The van der Waals surface area contributed by atoms with Crippen molar-refractivity contribution in [1.82, 2.24) is 15.1 Å². The van der Waals surface area contributed by atoms with Gasteiger partial charge in [0.25, 0.3) is 0 Å². The molecule has 0 aliphatic heterocycles. The Morgan fingerprint density at radius 1 is 1.32 bits per heavy atom. The van der Waals surface area contributed by atoms with Gasteiger partial charge in [-0.1, -0.05) is 24.3 Å². The van der Waals surface area contributed by atoms with E-state index in [2.05, 4.69) is 15.7 Å². The second-order valence-corrected chi connectivity index (χ2v) is 5.50. The SMILES string of the molecule is COCc1cccc(CNC(=O)Nc2c(C)c(C(F)(F)F)nn2C)c1. The van der Waals surface area contributed by atoms with Crippen LogP contribution in [0.1, 0.15) is 22.4 Å². The third kappa shape index (κ3) is 4.72. The van der Waals surface area contributed by atoms with Crippen molar-refractivity contribution in [3.8, 4) is 0 Å². The summed E-state index contributed by atoms with van der Waals surface area (Å²) in [4.78, 5) is 12.0. The maximum atomic E-state index is 12.8. The highest BCUT2D eigenvalue weighted by Gasteiger charge is 2.37. The maximum Gasteiger partial charge on any atom is 0.435 e. The number of rotatable bonds is 5. The molecule has 9 heteroatoms. The summed E-state index contributed by atoms with van der Waals surface area (Å²) in [7, 11) is 2.93. The van der Waals surface area contributed by atoms with E-state index in [1.165, 1.54) is 14.0 Å². The fraction of sp³-hybridized carbons (Fsp3) is 0.375. The van der Waals surface area contributed by atoms with Crippen LogP contribution in [0.15, 0.2) is 24.3 Å². The number of anilines is 1. The van der Waals surface area contributed by atoms with Crippen LogP contribution < -0.4 is 10.6 Å². The largest absolute Gasteiger partial charge is 0.435 e. The molecule has 0 aliphatic rings. The van der Waals surface area contributed by atoms with Crippen molar-refractivity contribution in [2.24, 2.45) is 7.05 Å². The third-order valence-electron chi connectivity index (χ3n) is 3.54. The van der Waals surface area contributed by atoms with E-state index in [0.29, 0.717) is 6.61 Å². The van der Waals surface area contributed by atoms with E-state index in [1.807, 2.05) is 24.3 Å². The van der Waals surface area contributed by atoms with Crippen molar-refractivity contribution in [2.75, 3.05) is 12.4 Å². The van der Waals surface area contributed by atoms with Crippen molar-refractivity contribution in [3.05, 3.63) is 46.6 Å². The molecule has 0 atom stereocenters. The van der Waals surface area contributed by atoms with Gasteiger partial charge in [0.15, 0.2) is 5.69 Å². The molecule has 1 aromatic carbocycles. The van der Waals surface area contributed by atoms with Gasteiger partial charge in [0.05, 0.1) is 6.61 Å². The number of hydrogen-bond acceptors (Lipinski definition) is 3. The molecule has 0 radical (unpaired) electrons. The highest BCUT2D eigenvalue weighted by molar-refractivity contribution is 5.89. The Morgan fingerprint density at radius 2 is 2.00 bits per heavy atom. The normalized spacial score (nSPS) is 11.4. The first-order valence-electron chi connectivity index (χ1n) is 7.44. The molecule has 6 nitrogen and oxygen atoms in total. The zero-order valence-electron chi connectivity index (χ0n) is 14.1. The molecule has 1 heterocycles. The second-order valence-electron chi connectivity index (χ2n) is 5.50. The summed E-state index contributed by atoms with van der Waals surface area (Å²) >= 11 is 0. The Balaban J connectivity index is 2.01. The summed E-state index contributed by atoms with van der Waals surface area (Å²) in [6.07, 6.45) is -4.57. The molecule has 0 unspecified atom stereocenters. The topological polar surface area (TPSA) is 68.2 Å². The number of benzene rings is 1. The minimum Gasteiger partial charge on any atom is -0.380 e. The summed E-state index contributed by atoms with van der Waals surface area (Å²) < 4.78 is 44.5. The van der Waals surface area contributed by atoms with Crippen LogP contribution in [0.3, 0.4) is 0 Å². The van der Waals surface area contributed by atoms with E-state index in [9.17, 15) is 18.0 Å². The quantitative estimate of drug-likeness (QED) is 0.864. The molecule has 0 saturated carbocycles. The molecule has 25 heavy (non-hydrogen) atoms. The Hall–Kier alpha value is -2.55. The third-order valence-corrected chi connectivity index (χ3v) is 3.54. The summed E-state index contributed by atoms with van der Waals surface area (Å²) in [5, 5.41) is 8.43. The lowest BCUT2D eigenvalue weighted by molar-refractivity contribution is -0.141. The fourth-order valence-electron chi connectivity index (χ4n) is 2.40. The van der Waals surface area contributed by atoms with E-state index < -0.39 is 17.9 Å². The van der Waals surface area contributed by atoms with Gasteiger partial charge in [-0.3, -0.25) is 10.00 Å². The molecular weight excluding hydrogens is 337 g/mol. The van der Waals surface area contributed by atoms with Gasteiger partial charge < -0.3 is 10.1 Å². The zero-order valence-corrected chi connectivity index (χ0v) is 14.1. The molecule has 2 N–H and O–H groups in total. The number of carbonyl (C=O) groups is 1. The highest BCUT2D eigenvalue weighted by Crippen LogP contribution is 2.33. The van der Waals surface area contributed by atoms with Gasteiger partial charge in [0, 0.05) is 26.3 Å². The minimum atomic E-state index is -4.57. The number of nitrogens with zero attached hydrogens (tertiary/aromatic N) is 2. The monoisotopic (exact) mass is 356 g/mol. The van der Waals surface area contributed by atoms with E-state index in [-0.39, 0.29) is 17.9 Å². The Labute approximate surface area is 143 Å². The lowest BCUT2D eigenvalue weighted by Gasteiger charge is -2.10. The molecular formula is C16H19F3N4O2. The molecule has 2 amide bonds. The lowest BCUT2D eigenvalue weighted by atomic mass is 10.1. The predicted octanol–water partition coefficient (Wildman–Crippen LogP) is 3.22. The Bertz CT molecular complexity index is 756. The van der Waals surface area contributed by atoms with Crippen LogP contribution in [0.25, 0.3) is 0 Å². The van der Waals surface area contributed by atoms with Crippen LogP contribution in [-0.4, -0.2) is 22.9 Å². The predicted molar refractivity (Wildman–Crippen MR) is 86.0 cm³/mol. The first kappa shape index (κ1) is 18.8. The number of methoxy groups -OCH3 is 1. The first-order valence-corrected chi connectivity index (χ1v) is 7.44. The minimum absolute atomic E-state index is 0.00189. The number of aromatic nitrogens is 2. The Morgan fingerprint density at radius 3 is 2.60 bits per heavy atom. The van der Waals surface area contributed by atoms with Gasteiger partial charge in [-0.05, 0) is 18.1 Å². The van der Waals surface area contributed by atoms with E-state index >= 15 is 0 Å². The number of ether oxygens (including phenoxy) is 1. The number of amides is 2. The summed E-state index contributed by atoms with van der Waals surface area (Å²) in [6.45, 7) is 1.94. The van der Waals surface area contributed by atoms with Crippen LogP contribution in [-0.2, 0) is 31.1 Å². The molecule has 1 aromatic heterocycles. The molecule has 0 saturated heterocycles. The average molecular weight is 356 g/mol. The van der Waals surface area contributed by atoms with Crippen LogP contribution in [0, 0.1) is 6.92 Å². The van der Waals surface area contributed by atoms with Crippen molar-refractivity contribution >= 4 is 11.8 Å². The van der Waals surface area contributed by atoms with Crippen molar-refractivity contribution < 1.29 is 22.7 Å². The number of hydrogen-bond donors (Lipinski definition) is 2. The molecule has 0 spiro atoms. The number of nitrogens with one attached hydrogen (secondary N) is 2. The van der Waals surface area contributed by atoms with Crippen molar-refractivity contribution in [1.29, 1.82) is 0 Å². The van der Waals surface area contributed by atoms with Gasteiger partial charge in [0.1, 0.15) is 5.82 Å². The molecule has 0 aliphatic carbocycles. The molecule has 0 bridgehead atoms. The lowest BCUT2D eigenvalue weighted by Crippen LogP contribution is -2.29. The van der Waals surface area contributed by atoms with Crippen molar-refractivity contribution in [3.63, 3.8) is 0 Å². The fourth-order valence-corrected chi connectivity index (χ4v) is 2.40. The van der Waals surface area contributed by atoms with Crippen molar-refractivity contribution in [2.45, 2.75) is 26.3 Å². The van der Waals surface area contributed by atoms with Gasteiger partial charge in [0.2, 0.25) is 0 Å². The number of urea groups is 1. The van der Waals surface area contributed by atoms with Crippen LogP contribution >= 0.6 is 0 Å². The standard InChI is InChI=1S/C16H19F3N4O2/c1-10-13(16(17,18)19)22-23(2)14(10)21-15(24)20-8-11-5-4-6-12(7-11)9-25-3/h4-7H,8-9H2,1-3H3,(H2,20,21,24). The highest BCUT2D eigenvalue weighted by atomic mass is 19.4. The summed E-state index contributed by atoms with van der Waals surface area (Å²) in [6, 6.07) is 6.82. The Kier molecular flexibility index (Phi) is 5.68. The zero-order chi connectivity index (χ0) is 18.6. The summed E-state index contributed by atoms with van der Waals surface area (Å²) in [5.74, 6) is -0.00189. The maximum absolute atomic E-state index is 12.8. The smallest absolute Gasteiger partial charge is 0.380 e. The van der Waals surface area contributed by atoms with E-state index in [4.69, 9.17) is 4.74 Å². The van der Waals surface area contributed by atoms with Gasteiger partial charge >= 0.3 is 12.2 Å². The first-order chi connectivity index (χ1) is 11.7. The molecule has 136 valence electrons. The van der Waals surface area contributed by atoms with Gasteiger partial charge in [-0.15, -0.1) is 0 Å². The number of alkyl halides is 3. The molecule has 2 rings (SSSR count). The van der Waals surface area contributed by atoms with Crippen LogP contribution in [0.2, 0.25) is 0 Å². The molecule has 2 aromatic rings. The van der Waals surface area contributed by atoms with Gasteiger partial charge in [-0.25, -0.2) is 4.79 Å². The number of carbonyl (C=O) groups excluding carboxylic acids is 1.